The third kappa shape index (κ3) is 7.09. The summed E-state index contributed by atoms with van der Waals surface area (Å²) in [7, 11) is 0. The minimum atomic E-state index is -1.75. The number of ether oxygens (including phenoxy) is 4. The molecule has 2 aliphatic heterocycles. The van der Waals surface area contributed by atoms with Gasteiger partial charge in [-0.25, -0.2) is 0 Å². The second-order valence-electron chi connectivity index (χ2n) is 19.4. The predicted octanol–water partition coefficient (Wildman–Crippen LogP) is 1.08. The molecule has 55 heavy (non-hydrogen) atoms. The van der Waals surface area contributed by atoms with E-state index in [1.165, 1.54) is 0 Å². The molecule has 0 aromatic heterocycles. The first kappa shape index (κ1) is 43.8. The molecule has 4 saturated carbocycles. The zero-order valence-electron chi connectivity index (χ0n) is 33.5. The number of fused-ring (bicyclic) bond motifs is 5. The minimum absolute atomic E-state index is 0.00512. The van der Waals surface area contributed by atoms with Crippen molar-refractivity contribution in [3.05, 3.63) is 11.6 Å². The van der Waals surface area contributed by atoms with Crippen LogP contribution >= 0.6 is 0 Å². The lowest BCUT2D eigenvalue weighted by molar-refractivity contribution is -0.379. The summed E-state index contributed by atoms with van der Waals surface area (Å²) >= 11 is 0. The SMILES string of the molecule is CC(C)=CCC[C@](O)(O[C@@H]1O[C@H](CO)[C@@H](O)[C@H](O)[C@H]1O)[C@H]1CC[C@]2(C)[C@@H]1CC[C@@H]1[C@]3(CO)CC[C@@H](O[C@@H]4O[C@H](CO)[C@@H](O)[C@H](O)[C@H]4O)C(C)(C)[C@H]3CC[C@]12C. The highest BCUT2D eigenvalue weighted by Crippen LogP contribution is 2.76. The maximum Gasteiger partial charge on any atom is 0.189 e. The third-order valence-corrected chi connectivity index (χ3v) is 16.3. The van der Waals surface area contributed by atoms with E-state index in [2.05, 4.69) is 27.7 Å². The molecule has 4 aliphatic carbocycles. The fourth-order valence-corrected chi connectivity index (χ4v) is 13.1. The summed E-state index contributed by atoms with van der Waals surface area (Å²) in [6.45, 7) is 11.8. The first-order valence-corrected chi connectivity index (χ1v) is 20.7. The van der Waals surface area contributed by atoms with E-state index < -0.39 is 91.2 Å². The third-order valence-electron chi connectivity index (χ3n) is 16.3. The molecule has 0 amide bonds. The Morgan fingerprint density at radius 1 is 0.691 bits per heavy atom. The van der Waals surface area contributed by atoms with Crippen LogP contribution in [0, 0.1) is 45.3 Å². The average molecular weight is 787 g/mol. The van der Waals surface area contributed by atoms with Crippen LogP contribution in [-0.2, 0) is 18.9 Å². The van der Waals surface area contributed by atoms with E-state index in [9.17, 15) is 51.1 Å². The molecule has 6 aliphatic rings. The maximum absolute atomic E-state index is 12.7. The van der Waals surface area contributed by atoms with Gasteiger partial charge in [0.15, 0.2) is 18.4 Å². The Kier molecular flexibility index (Phi) is 12.7. The van der Waals surface area contributed by atoms with Gasteiger partial charge in [-0.2, -0.15) is 0 Å². The summed E-state index contributed by atoms with van der Waals surface area (Å²) in [6.07, 6.45) is -5.88. The molecule has 0 bridgehead atoms. The molecular weight excluding hydrogens is 716 g/mol. The van der Waals surface area contributed by atoms with Crippen molar-refractivity contribution in [3.8, 4) is 0 Å². The molecule has 0 unspecified atom stereocenters. The lowest BCUT2D eigenvalue weighted by Gasteiger charge is -2.70. The van der Waals surface area contributed by atoms with Crippen LogP contribution in [0.5, 0.6) is 0 Å². The lowest BCUT2D eigenvalue weighted by Crippen LogP contribution is -2.67. The summed E-state index contributed by atoms with van der Waals surface area (Å²) in [5.74, 6) is -1.85. The van der Waals surface area contributed by atoms with Gasteiger partial charge in [-0.05, 0) is 106 Å². The molecule has 14 nitrogen and oxygen atoms in total. The molecule has 6 fully saturated rings. The van der Waals surface area contributed by atoms with E-state index in [1.54, 1.807) is 0 Å². The van der Waals surface area contributed by atoms with Crippen molar-refractivity contribution in [2.45, 2.75) is 179 Å². The van der Waals surface area contributed by atoms with E-state index in [4.69, 9.17) is 18.9 Å². The smallest absolute Gasteiger partial charge is 0.189 e. The van der Waals surface area contributed by atoms with Crippen LogP contribution in [0.15, 0.2) is 11.6 Å². The van der Waals surface area contributed by atoms with Crippen LogP contribution in [0.25, 0.3) is 0 Å². The van der Waals surface area contributed by atoms with Crippen LogP contribution in [0.2, 0.25) is 0 Å². The van der Waals surface area contributed by atoms with Gasteiger partial charge in [0.25, 0.3) is 0 Å². The van der Waals surface area contributed by atoms with Gasteiger partial charge >= 0.3 is 0 Å². The monoisotopic (exact) mass is 786 g/mol. The van der Waals surface area contributed by atoms with E-state index in [0.717, 1.165) is 37.7 Å². The predicted molar refractivity (Wildman–Crippen MR) is 198 cm³/mol. The van der Waals surface area contributed by atoms with Crippen LogP contribution < -0.4 is 0 Å². The molecule has 0 radical (unpaired) electrons. The summed E-state index contributed by atoms with van der Waals surface area (Å²) in [5, 5.41) is 107. The molecule has 0 aromatic carbocycles. The van der Waals surface area contributed by atoms with Gasteiger partial charge in [0.2, 0.25) is 0 Å². The summed E-state index contributed by atoms with van der Waals surface area (Å²) < 4.78 is 24.3. The second kappa shape index (κ2) is 16.0. The van der Waals surface area contributed by atoms with Gasteiger partial charge in [0.1, 0.15) is 48.8 Å². The number of allylic oxidation sites excluding steroid dienone is 2. The Bertz CT molecular complexity index is 1360. The van der Waals surface area contributed by atoms with Gasteiger partial charge in [-0.3, -0.25) is 0 Å². The zero-order valence-corrected chi connectivity index (χ0v) is 33.5. The van der Waals surface area contributed by atoms with Gasteiger partial charge in [0.05, 0.1) is 19.3 Å². The van der Waals surface area contributed by atoms with Gasteiger partial charge < -0.3 is 70.0 Å². The van der Waals surface area contributed by atoms with Gasteiger partial charge in [0, 0.05) is 24.4 Å². The molecule has 6 rings (SSSR count). The fourth-order valence-electron chi connectivity index (χ4n) is 13.1. The topological polar surface area (TPSA) is 239 Å². The molecule has 10 N–H and O–H groups in total. The van der Waals surface area contributed by atoms with Crippen molar-refractivity contribution in [1.82, 2.24) is 0 Å². The van der Waals surface area contributed by atoms with E-state index in [0.29, 0.717) is 25.7 Å². The summed E-state index contributed by atoms with van der Waals surface area (Å²) in [4.78, 5) is 0. The molecule has 0 aromatic rings. The van der Waals surface area contributed by atoms with Crippen molar-refractivity contribution in [2.75, 3.05) is 19.8 Å². The first-order valence-electron chi connectivity index (χ1n) is 20.7. The lowest BCUT2D eigenvalue weighted by atomic mass is 9.35. The Morgan fingerprint density at radius 2 is 1.27 bits per heavy atom. The van der Waals surface area contributed by atoms with Gasteiger partial charge in [-0.15, -0.1) is 0 Å². The molecule has 14 heteroatoms. The van der Waals surface area contributed by atoms with Crippen molar-refractivity contribution >= 4 is 0 Å². The van der Waals surface area contributed by atoms with Crippen LogP contribution in [0.1, 0.15) is 106 Å². The number of aliphatic hydroxyl groups excluding tert-OH is 9. The quantitative estimate of drug-likeness (QED) is 0.0802. The average Bonchev–Trinajstić information content (AvgIpc) is 3.51. The summed E-state index contributed by atoms with van der Waals surface area (Å²) in [5.41, 5.74) is -0.271. The van der Waals surface area contributed by atoms with Crippen molar-refractivity contribution in [1.29, 1.82) is 0 Å². The summed E-state index contributed by atoms with van der Waals surface area (Å²) in [6, 6.07) is 0. The van der Waals surface area contributed by atoms with E-state index in [-0.39, 0.29) is 53.6 Å². The molecule has 318 valence electrons. The highest BCUT2D eigenvalue weighted by molar-refractivity contribution is 5.19. The molecular formula is C41H70O14. The standard InChI is InChI=1S/C41H70O14/c1-21(2)8-7-14-41(51,55-36-34(50)32(48)30(46)25(19-43)53-36)23-11-15-38(5)22(23)9-10-27-39(38,6)16-12-26-37(3,4)28(13-17-40(26,27)20-44)54-35-33(49)31(47)29(45)24(18-42)52-35/h8,22-36,42-51H,7,9-20H2,1-6H3/t22-,23+,24-,25-,26-,27+,28-,29-,30-,31+,32+,33-,34-,35+,36+,38-,39-,40+,41+/m1/s1. The minimum Gasteiger partial charge on any atom is -0.396 e. The molecule has 19 atom stereocenters. The Labute approximate surface area is 325 Å². The Hall–Kier alpha value is -0.820. The maximum atomic E-state index is 12.7. The normalized spacial score (nSPS) is 50.7. The molecule has 2 saturated heterocycles. The van der Waals surface area contributed by atoms with Crippen LogP contribution in [-0.4, -0.2) is 144 Å². The van der Waals surface area contributed by atoms with Crippen LogP contribution in [0.4, 0.5) is 0 Å². The number of rotatable bonds is 11. The zero-order chi connectivity index (χ0) is 40.5. The highest BCUT2D eigenvalue weighted by atomic mass is 16.8. The Morgan fingerprint density at radius 3 is 1.85 bits per heavy atom. The van der Waals surface area contributed by atoms with Crippen molar-refractivity contribution in [3.63, 3.8) is 0 Å². The van der Waals surface area contributed by atoms with Crippen molar-refractivity contribution < 1.29 is 70.0 Å². The first-order chi connectivity index (χ1) is 25.8. The Balaban J connectivity index is 1.25. The van der Waals surface area contributed by atoms with Gasteiger partial charge in [-0.1, -0.05) is 39.3 Å². The van der Waals surface area contributed by atoms with Crippen LogP contribution in [0.3, 0.4) is 0 Å². The van der Waals surface area contributed by atoms with E-state index in [1.807, 2.05) is 19.9 Å². The fraction of sp³-hybridized carbons (Fsp3) is 0.951. The molecule has 0 spiro atoms. The molecule has 2 heterocycles. The number of aliphatic hydroxyl groups is 10. The van der Waals surface area contributed by atoms with E-state index >= 15 is 0 Å². The number of hydrogen-bond acceptors (Lipinski definition) is 14. The number of hydrogen-bond donors (Lipinski definition) is 10. The second-order valence-corrected chi connectivity index (χ2v) is 19.4. The largest absolute Gasteiger partial charge is 0.396 e. The highest BCUT2D eigenvalue weighted by Gasteiger charge is 2.71. The van der Waals surface area contributed by atoms with Crippen molar-refractivity contribution in [2.24, 2.45) is 45.3 Å².